The molecule has 0 amide bonds. The van der Waals surface area contributed by atoms with E-state index in [1.165, 1.54) is 18.2 Å². The predicted molar refractivity (Wildman–Crippen MR) is 89.5 cm³/mol. The van der Waals surface area contributed by atoms with Crippen molar-refractivity contribution in [3.05, 3.63) is 63.7 Å². The van der Waals surface area contributed by atoms with Crippen LogP contribution in [-0.4, -0.2) is 18.1 Å². The number of hydrogen-bond donors (Lipinski definition) is 2. The first-order valence-electron chi connectivity index (χ1n) is 7.04. The molecule has 2 aromatic carbocycles. The van der Waals surface area contributed by atoms with Crippen LogP contribution in [0.15, 0.2) is 47.3 Å². The van der Waals surface area contributed by atoms with Crippen LogP contribution < -0.4 is 16.0 Å². The summed E-state index contributed by atoms with van der Waals surface area (Å²) in [7, 11) is 0. The molecule has 0 saturated carbocycles. The van der Waals surface area contributed by atoms with E-state index in [0.717, 1.165) is 0 Å². The summed E-state index contributed by atoms with van der Waals surface area (Å²) in [4.78, 5) is 15.1. The lowest BCUT2D eigenvalue weighted by Crippen LogP contribution is -2.15. The number of aromatic amines is 1. The van der Waals surface area contributed by atoms with Crippen LogP contribution in [-0.2, 0) is 0 Å². The van der Waals surface area contributed by atoms with E-state index in [1.54, 1.807) is 18.2 Å². The van der Waals surface area contributed by atoms with Crippen molar-refractivity contribution in [2.24, 2.45) is 5.73 Å². The third-order valence-electron chi connectivity index (χ3n) is 3.41. The first kappa shape index (κ1) is 15.5. The molecule has 0 saturated heterocycles. The molecule has 0 aliphatic rings. The summed E-state index contributed by atoms with van der Waals surface area (Å²) in [5.41, 5.74) is 6.31. The van der Waals surface area contributed by atoms with Crippen molar-refractivity contribution in [1.29, 1.82) is 0 Å². The van der Waals surface area contributed by atoms with Gasteiger partial charge in [0, 0.05) is 22.5 Å². The van der Waals surface area contributed by atoms with Gasteiger partial charge in [0.2, 0.25) is 0 Å². The molecule has 0 unspecified atom stereocenters. The Morgan fingerprint density at radius 1 is 1.17 bits per heavy atom. The van der Waals surface area contributed by atoms with Crippen molar-refractivity contribution >= 4 is 22.4 Å². The molecule has 118 valence electrons. The van der Waals surface area contributed by atoms with E-state index in [-0.39, 0.29) is 12.0 Å². The Labute approximate surface area is 136 Å². The Hall–Kier alpha value is -2.37. The highest BCUT2D eigenvalue weighted by atomic mass is 35.5. The van der Waals surface area contributed by atoms with Crippen LogP contribution in [0.2, 0.25) is 5.02 Å². The number of H-pyrrole nitrogens is 1. The minimum atomic E-state index is -0.483. The van der Waals surface area contributed by atoms with Crippen LogP contribution in [0.3, 0.4) is 0 Å². The third-order valence-corrected chi connectivity index (χ3v) is 3.65. The van der Waals surface area contributed by atoms with Gasteiger partial charge in [0.25, 0.3) is 5.56 Å². The summed E-state index contributed by atoms with van der Waals surface area (Å²) < 4.78 is 19.2. The molecule has 0 atom stereocenters. The second-order valence-electron chi connectivity index (χ2n) is 5.00. The van der Waals surface area contributed by atoms with Crippen LogP contribution in [0.5, 0.6) is 5.75 Å². The number of ether oxygens (including phenoxy) is 1. The molecular weight excluding hydrogens is 319 g/mol. The number of nitrogens with one attached hydrogen (secondary N) is 1. The van der Waals surface area contributed by atoms with Crippen molar-refractivity contribution in [1.82, 2.24) is 4.98 Å². The highest BCUT2D eigenvalue weighted by Crippen LogP contribution is 2.34. The Kier molecular flexibility index (Phi) is 4.32. The summed E-state index contributed by atoms with van der Waals surface area (Å²) >= 11 is 6.03. The second-order valence-corrected chi connectivity index (χ2v) is 5.43. The summed E-state index contributed by atoms with van der Waals surface area (Å²) in [5, 5.41) is 1.29. The number of pyridine rings is 1. The van der Waals surface area contributed by atoms with E-state index in [2.05, 4.69) is 4.98 Å². The van der Waals surface area contributed by atoms with Gasteiger partial charge >= 0.3 is 0 Å². The molecule has 3 N–H and O–H groups in total. The first-order chi connectivity index (χ1) is 11.1. The molecule has 0 spiro atoms. The topological polar surface area (TPSA) is 68.1 Å². The molecule has 0 aliphatic heterocycles. The van der Waals surface area contributed by atoms with Crippen LogP contribution in [0.25, 0.3) is 22.0 Å². The Balaban J connectivity index is 2.32. The smallest absolute Gasteiger partial charge is 0.256 e. The number of fused-ring (bicyclic) bond motifs is 1. The van der Waals surface area contributed by atoms with Crippen LogP contribution >= 0.6 is 11.6 Å². The molecule has 0 radical (unpaired) electrons. The maximum Gasteiger partial charge on any atom is 0.256 e. The lowest BCUT2D eigenvalue weighted by molar-refractivity contribution is 0.332. The Morgan fingerprint density at radius 3 is 2.74 bits per heavy atom. The van der Waals surface area contributed by atoms with Crippen molar-refractivity contribution < 1.29 is 9.13 Å². The summed E-state index contributed by atoms with van der Waals surface area (Å²) in [6, 6.07) is 11.0. The largest absolute Gasteiger partial charge is 0.489 e. The zero-order valence-electron chi connectivity index (χ0n) is 12.1. The van der Waals surface area contributed by atoms with Crippen molar-refractivity contribution in [3.63, 3.8) is 0 Å². The van der Waals surface area contributed by atoms with E-state index < -0.39 is 11.4 Å². The predicted octanol–water partition coefficient (Wildman–Crippen LogP) is 3.33. The van der Waals surface area contributed by atoms with Gasteiger partial charge in [0.05, 0.1) is 11.1 Å². The van der Waals surface area contributed by atoms with Gasteiger partial charge in [0.1, 0.15) is 12.4 Å². The Bertz CT molecular complexity index is 924. The molecule has 1 aromatic heterocycles. The quantitative estimate of drug-likeness (QED) is 0.770. The molecule has 0 bridgehead atoms. The average Bonchev–Trinajstić information content (AvgIpc) is 2.54. The van der Waals surface area contributed by atoms with Crippen molar-refractivity contribution in [2.45, 2.75) is 0 Å². The van der Waals surface area contributed by atoms with Crippen LogP contribution in [0.1, 0.15) is 0 Å². The Morgan fingerprint density at radius 2 is 2.00 bits per heavy atom. The molecule has 1 heterocycles. The van der Waals surface area contributed by atoms with Crippen molar-refractivity contribution in [2.75, 3.05) is 13.2 Å². The molecule has 3 rings (SSSR count). The van der Waals surface area contributed by atoms with Gasteiger partial charge in [0.15, 0.2) is 5.75 Å². The van der Waals surface area contributed by atoms with Crippen LogP contribution in [0, 0.1) is 5.82 Å². The fourth-order valence-electron chi connectivity index (χ4n) is 2.43. The number of benzene rings is 2. The average molecular weight is 333 g/mol. The van der Waals surface area contributed by atoms with Crippen LogP contribution in [0.4, 0.5) is 4.39 Å². The minimum Gasteiger partial charge on any atom is -0.489 e. The molecule has 0 aliphatic carbocycles. The minimum absolute atomic E-state index is 0.225. The number of nitrogens with two attached hydrogens (primary N) is 1. The number of halogens is 2. The third kappa shape index (κ3) is 3.06. The van der Waals surface area contributed by atoms with Gasteiger partial charge in [-0.25, -0.2) is 4.39 Å². The standard InChI is InChI=1S/C17H14ClFN2O2/c18-11-3-1-2-10(8-11)15-16(23-7-6-20)13-5-4-12(19)9-14(13)17(22)21-15/h1-5,8-9H,6-7,20H2,(H,21,22). The molecular formula is C17H14ClFN2O2. The zero-order chi connectivity index (χ0) is 16.4. The van der Waals surface area contributed by atoms with E-state index >= 15 is 0 Å². The highest BCUT2D eigenvalue weighted by Gasteiger charge is 2.15. The molecule has 0 fully saturated rings. The summed E-state index contributed by atoms with van der Waals surface area (Å²) in [5.74, 6) is -0.0319. The summed E-state index contributed by atoms with van der Waals surface area (Å²) in [6.07, 6.45) is 0. The molecule has 23 heavy (non-hydrogen) atoms. The van der Waals surface area contributed by atoms with E-state index in [9.17, 15) is 9.18 Å². The SMILES string of the molecule is NCCOc1c(-c2cccc(Cl)c2)[nH]c(=O)c2cc(F)ccc12. The zero-order valence-corrected chi connectivity index (χ0v) is 12.9. The number of hydrogen-bond acceptors (Lipinski definition) is 3. The monoisotopic (exact) mass is 332 g/mol. The lowest BCUT2D eigenvalue weighted by Gasteiger charge is -2.14. The fraction of sp³-hybridized carbons (Fsp3) is 0.118. The van der Waals surface area contributed by atoms with Gasteiger partial charge in [-0.1, -0.05) is 23.7 Å². The number of rotatable bonds is 4. The van der Waals surface area contributed by atoms with Gasteiger partial charge in [-0.3, -0.25) is 4.79 Å². The highest BCUT2D eigenvalue weighted by molar-refractivity contribution is 6.30. The maximum absolute atomic E-state index is 13.4. The molecule has 6 heteroatoms. The number of aromatic nitrogens is 1. The normalized spacial score (nSPS) is 10.9. The van der Waals surface area contributed by atoms with Crippen molar-refractivity contribution in [3.8, 4) is 17.0 Å². The van der Waals surface area contributed by atoms with E-state index in [1.807, 2.05) is 6.07 Å². The van der Waals surface area contributed by atoms with Gasteiger partial charge in [-0.15, -0.1) is 0 Å². The second kappa shape index (κ2) is 6.40. The summed E-state index contributed by atoms with van der Waals surface area (Å²) in [6.45, 7) is 0.586. The van der Waals surface area contributed by atoms with E-state index in [4.69, 9.17) is 22.1 Å². The fourth-order valence-corrected chi connectivity index (χ4v) is 2.62. The van der Waals surface area contributed by atoms with Gasteiger partial charge < -0.3 is 15.5 Å². The molecule has 3 aromatic rings. The van der Waals surface area contributed by atoms with E-state index in [0.29, 0.717) is 34.0 Å². The maximum atomic E-state index is 13.4. The van der Waals surface area contributed by atoms with Gasteiger partial charge in [-0.2, -0.15) is 0 Å². The first-order valence-corrected chi connectivity index (χ1v) is 7.42. The van der Waals surface area contributed by atoms with Gasteiger partial charge in [-0.05, 0) is 30.3 Å². The molecule has 4 nitrogen and oxygen atoms in total. The lowest BCUT2D eigenvalue weighted by atomic mass is 10.1.